The number of halogens is 3. The standard InChI is InChI=1S/C13H10BrF2NO3S/c14-8-2-1-3-9(6-8)17-21(19,20)12-5-4-11(15)10(7-18)13(12)16/h1-6,17-18H,7H2. The van der Waals surface area contributed by atoms with Gasteiger partial charge >= 0.3 is 0 Å². The molecule has 8 heteroatoms. The predicted octanol–water partition coefficient (Wildman–Crippen LogP) is 3.02. The number of nitrogens with one attached hydrogen (secondary N) is 1. The van der Waals surface area contributed by atoms with Crippen LogP contribution in [0, 0.1) is 11.6 Å². The number of aliphatic hydroxyl groups excluding tert-OH is 1. The van der Waals surface area contributed by atoms with Gasteiger partial charge in [0.05, 0.1) is 12.2 Å². The number of anilines is 1. The lowest BCUT2D eigenvalue weighted by Gasteiger charge is -2.11. The minimum Gasteiger partial charge on any atom is -0.391 e. The molecule has 0 aliphatic heterocycles. The van der Waals surface area contributed by atoms with Gasteiger partial charge in [0.1, 0.15) is 10.7 Å². The fourth-order valence-corrected chi connectivity index (χ4v) is 3.24. The first kappa shape index (κ1) is 15.9. The van der Waals surface area contributed by atoms with Crippen LogP contribution in [0.4, 0.5) is 14.5 Å². The Hall–Kier alpha value is -1.51. The average molecular weight is 378 g/mol. The smallest absolute Gasteiger partial charge is 0.264 e. The summed E-state index contributed by atoms with van der Waals surface area (Å²) < 4.78 is 54.4. The van der Waals surface area contributed by atoms with Crippen LogP contribution < -0.4 is 4.72 Å². The van der Waals surface area contributed by atoms with Crippen LogP contribution in [-0.4, -0.2) is 13.5 Å². The summed E-state index contributed by atoms with van der Waals surface area (Å²) in [5.41, 5.74) is -0.467. The summed E-state index contributed by atoms with van der Waals surface area (Å²) in [7, 11) is -4.23. The van der Waals surface area contributed by atoms with Crippen molar-refractivity contribution < 1.29 is 22.3 Å². The fourth-order valence-electron chi connectivity index (χ4n) is 1.69. The van der Waals surface area contributed by atoms with E-state index in [9.17, 15) is 17.2 Å². The highest BCUT2D eigenvalue weighted by Crippen LogP contribution is 2.24. The first-order valence-electron chi connectivity index (χ1n) is 5.71. The summed E-state index contributed by atoms with van der Waals surface area (Å²) in [6.45, 7) is -0.933. The van der Waals surface area contributed by atoms with Crippen LogP contribution in [0.3, 0.4) is 0 Å². The Morgan fingerprint density at radius 2 is 1.90 bits per heavy atom. The molecule has 0 saturated heterocycles. The number of sulfonamides is 1. The second-order valence-corrected chi connectivity index (χ2v) is 6.68. The molecule has 2 aromatic carbocycles. The van der Waals surface area contributed by atoms with Crippen molar-refractivity contribution in [3.8, 4) is 0 Å². The van der Waals surface area contributed by atoms with E-state index in [2.05, 4.69) is 20.7 Å². The Kier molecular flexibility index (Phi) is 4.60. The van der Waals surface area contributed by atoms with Crippen LogP contribution in [0.5, 0.6) is 0 Å². The Balaban J connectivity index is 2.45. The molecule has 0 spiro atoms. The van der Waals surface area contributed by atoms with Crippen molar-refractivity contribution in [1.29, 1.82) is 0 Å². The van der Waals surface area contributed by atoms with Crippen molar-refractivity contribution in [3.63, 3.8) is 0 Å². The Morgan fingerprint density at radius 1 is 1.19 bits per heavy atom. The number of rotatable bonds is 4. The number of hydrogen-bond acceptors (Lipinski definition) is 3. The lowest BCUT2D eigenvalue weighted by atomic mass is 10.2. The molecule has 0 aliphatic carbocycles. The molecule has 4 nitrogen and oxygen atoms in total. The van der Waals surface area contributed by atoms with Crippen molar-refractivity contribution in [2.24, 2.45) is 0 Å². The molecule has 2 rings (SSSR count). The highest BCUT2D eigenvalue weighted by atomic mass is 79.9. The van der Waals surface area contributed by atoms with Crippen molar-refractivity contribution in [2.45, 2.75) is 11.5 Å². The molecular formula is C13H10BrF2NO3S. The van der Waals surface area contributed by atoms with Crippen molar-refractivity contribution in [2.75, 3.05) is 4.72 Å². The molecule has 0 heterocycles. The maximum atomic E-state index is 14.0. The Morgan fingerprint density at radius 3 is 2.52 bits per heavy atom. The first-order chi connectivity index (χ1) is 9.85. The van der Waals surface area contributed by atoms with Crippen LogP contribution in [0.15, 0.2) is 45.8 Å². The fraction of sp³-hybridized carbons (Fsp3) is 0.0769. The van der Waals surface area contributed by atoms with Gasteiger partial charge in [0.15, 0.2) is 5.82 Å². The molecule has 2 aromatic rings. The maximum Gasteiger partial charge on any atom is 0.264 e. The largest absolute Gasteiger partial charge is 0.391 e. The molecule has 0 unspecified atom stereocenters. The van der Waals surface area contributed by atoms with E-state index in [0.29, 0.717) is 4.47 Å². The summed E-state index contributed by atoms with van der Waals surface area (Å²) in [5, 5.41) is 8.91. The molecule has 112 valence electrons. The topological polar surface area (TPSA) is 66.4 Å². The average Bonchev–Trinajstić information content (AvgIpc) is 2.38. The van der Waals surface area contributed by atoms with Gasteiger partial charge in [-0.25, -0.2) is 17.2 Å². The summed E-state index contributed by atoms with van der Waals surface area (Å²) in [6.07, 6.45) is 0. The normalized spacial score (nSPS) is 11.4. The SMILES string of the molecule is O=S(=O)(Nc1cccc(Br)c1)c1ccc(F)c(CO)c1F. The van der Waals surface area contributed by atoms with Crippen LogP contribution in [0.1, 0.15) is 5.56 Å². The van der Waals surface area contributed by atoms with Crippen LogP contribution in [0.25, 0.3) is 0 Å². The van der Waals surface area contributed by atoms with Gasteiger partial charge in [-0.15, -0.1) is 0 Å². The molecule has 0 amide bonds. The monoisotopic (exact) mass is 377 g/mol. The van der Waals surface area contributed by atoms with Crippen LogP contribution >= 0.6 is 15.9 Å². The zero-order chi connectivity index (χ0) is 15.6. The number of hydrogen-bond donors (Lipinski definition) is 2. The Labute approximate surface area is 128 Å². The van der Waals surface area contributed by atoms with Gasteiger partial charge in [-0.3, -0.25) is 4.72 Å². The number of benzene rings is 2. The summed E-state index contributed by atoms with van der Waals surface area (Å²) in [4.78, 5) is -0.729. The minimum atomic E-state index is -4.23. The summed E-state index contributed by atoms with van der Waals surface area (Å²) in [6, 6.07) is 7.87. The Bertz CT molecular complexity index is 781. The third kappa shape index (κ3) is 3.39. The molecule has 0 aliphatic rings. The lowest BCUT2D eigenvalue weighted by Crippen LogP contribution is -2.16. The first-order valence-corrected chi connectivity index (χ1v) is 7.99. The molecule has 0 bridgehead atoms. The molecule has 0 radical (unpaired) electrons. The van der Waals surface area contributed by atoms with Gasteiger partial charge in [-0.1, -0.05) is 22.0 Å². The molecule has 0 aromatic heterocycles. The van der Waals surface area contributed by atoms with E-state index in [1.54, 1.807) is 12.1 Å². The molecule has 0 saturated carbocycles. The lowest BCUT2D eigenvalue weighted by molar-refractivity contribution is 0.267. The zero-order valence-corrected chi connectivity index (χ0v) is 12.9. The van der Waals surface area contributed by atoms with E-state index >= 15 is 0 Å². The molecule has 0 fully saturated rings. The van der Waals surface area contributed by atoms with E-state index in [-0.39, 0.29) is 5.69 Å². The van der Waals surface area contributed by atoms with E-state index < -0.39 is 38.7 Å². The quantitative estimate of drug-likeness (QED) is 0.860. The van der Waals surface area contributed by atoms with Crippen LogP contribution in [-0.2, 0) is 16.6 Å². The zero-order valence-electron chi connectivity index (χ0n) is 10.5. The van der Waals surface area contributed by atoms with E-state index in [0.717, 1.165) is 12.1 Å². The van der Waals surface area contributed by atoms with E-state index in [4.69, 9.17) is 5.11 Å². The molecular weight excluding hydrogens is 368 g/mol. The van der Waals surface area contributed by atoms with Crippen LogP contribution in [0.2, 0.25) is 0 Å². The highest BCUT2D eigenvalue weighted by Gasteiger charge is 2.23. The third-order valence-corrected chi connectivity index (χ3v) is 4.57. The van der Waals surface area contributed by atoms with Gasteiger partial charge < -0.3 is 5.11 Å². The van der Waals surface area contributed by atoms with Gasteiger partial charge in [0.2, 0.25) is 0 Å². The van der Waals surface area contributed by atoms with Gasteiger partial charge in [0, 0.05) is 10.2 Å². The van der Waals surface area contributed by atoms with Crippen molar-refractivity contribution in [3.05, 3.63) is 58.1 Å². The van der Waals surface area contributed by atoms with Crippen molar-refractivity contribution >= 4 is 31.6 Å². The van der Waals surface area contributed by atoms with E-state index in [1.807, 2.05) is 0 Å². The maximum absolute atomic E-state index is 14.0. The molecule has 2 N–H and O–H groups in total. The molecule has 21 heavy (non-hydrogen) atoms. The number of aliphatic hydroxyl groups is 1. The highest BCUT2D eigenvalue weighted by molar-refractivity contribution is 9.10. The van der Waals surface area contributed by atoms with Gasteiger partial charge in [0.25, 0.3) is 10.0 Å². The minimum absolute atomic E-state index is 0.221. The molecule has 0 atom stereocenters. The summed E-state index contributed by atoms with van der Waals surface area (Å²) in [5.74, 6) is -2.31. The second kappa shape index (κ2) is 6.08. The van der Waals surface area contributed by atoms with E-state index in [1.165, 1.54) is 12.1 Å². The summed E-state index contributed by atoms with van der Waals surface area (Å²) >= 11 is 3.18. The van der Waals surface area contributed by atoms with Crippen molar-refractivity contribution in [1.82, 2.24) is 0 Å². The predicted molar refractivity (Wildman–Crippen MR) is 77.2 cm³/mol. The van der Waals surface area contributed by atoms with Gasteiger partial charge in [-0.2, -0.15) is 0 Å². The van der Waals surface area contributed by atoms with Gasteiger partial charge in [-0.05, 0) is 30.3 Å². The second-order valence-electron chi connectivity index (χ2n) is 4.11. The third-order valence-electron chi connectivity index (χ3n) is 2.68.